The average molecular weight is 324 g/mol. The Bertz CT molecular complexity index is 598. The van der Waals surface area contributed by atoms with Gasteiger partial charge in [-0.1, -0.05) is 42.3 Å². The van der Waals surface area contributed by atoms with Crippen molar-refractivity contribution < 1.29 is 4.74 Å². The molecule has 4 heteroatoms. The molecule has 2 rings (SSSR count). The molecule has 2 aromatic carbocycles. The lowest BCUT2D eigenvalue weighted by atomic mass is 10.0. The molecular weight excluding hydrogens is 305 g/mol. The molecule has 0 aromatic heterocycles. The minimum absolute atomic E-state index is 0.0952. The molecule has 0 spiro atoms. The summed E-state index contributed by atoms with van der Waals surface area (Å²) in [5.41, 5.74) is 8.21. The molecule has 21 heavy (non-hydrogen) atoms. The van der Waals surface area contributed by atoms with Crippen LogP contribution in [0, 0.1) is 6.92 Å². The van der Waals surface area contributed by atoms with E-state index in [1.54, 1.807) is 0 Å². The lowest BCUT2D eigenvalue weighted by Gasteiger charge is -2.25. The van der Waals surface area contributed by atoms with Gasteiger partial charge >= 0.3 is 0 Å². The number of ether oxygens (including phenoxy) is 1. The molecule has 0 heterocycles. The lowest BCUT2D eigenvalue weighted by molar-refractivity contribution is 0.171. The molecule has 0 aliphatic rings. The molecule has 0 saturated carbocycles. The van der Waals surface area contributed by atoms with Crippen LogP contribution in [-0.2, 0) is 0 Å². The monoisotopic (exact) mass is 323 g/mol. The number of halogens is 2. The Morgan fingerprint density at radius 1 is 1.10 bits per heavy atom. The van der Waals surface area contributed by atoms with Gasteiger partial charge in [0.15, 0.2) is 0 Å². The van der Waals surface area contributed by atoms with Crippen LogP contribution in [0.1, 0.15) is 30.6 Å². The summed E-state index contributed by atoms with van der Waals surface area (Å²) in [7, 11) is 0. The highest BCUT2D eigenvalue weighted by atomic mass is 35.5. The molecule has 0 radical (unpaired) electrons. The Labute approximate surface area is 135 Å². The van der Waals surface area contributed by atoms with E-state index >= 15 is 0 Å². The van der Waals surface area contributed by atoms with Crippen LogP contribution in [0.3, 0.4) is 0 Å². The van der Waals surface area contributed by atoms with Gasteiger partial charge in [-0.15, -0.1) is 0 Å². The molecule has 2 atom stereocenters. The van der Waals surface area contributed by atoms with Gasteiger partial charge in [0.1, 0.15) is 11.9 Å². The summed E-state index contributed by atoms with van der Waals surface area (Å²) < 4.78 is 6.10. The smallest absolute Gasteiger partial charge is 0.139 e. The molecule has 0 saturated heterocycles. The van der Waals surface area contributed by atoms with Gasteiger partial charge in [0, 0.05) is 16.1 Å². The third kappa shape index (κ3) is 4.13. The number of aryl methyl sites for hydroxylation is 1. The molecule has 0 bridgehead atoms. The van der Waals surface area contributed by atoms with E-state index < -0.39 is 0 Å². The van der Waals surface area contributed by atoms with Crippen LogP contribution in [0.4, 0.5) is 0 Å². The van der Waals surface area contributed by atoms with Gasteiger partial charge in [0.05, 0.1) is 0 Å². The number of hydrogen-bond donors (Lipinski definition) is 1. The van der Waals surface area contributed by atoms with Crippen molar-refractivity contribution >= 4 is 23.2 Å². The van der Waals surface area contributed by atoms with E-state index in [2.05, 4.69) is 0 Å². The van der Waals surface area contributed by atoms with Crippen molar-refractivity contribution in [1.82, 2.24) is 0 Å². The van der Waals surface area contributed by atoms with Crippen molar-refractivity contribution in [2.75, 3.05) is 0 Å². The van der Waals surface area contributed by atoms with E-state index in [1.807, 2.05) is 56.3 Å². The Morgan fingerprint density at radius 3 is 2.33 bits per heavy atom. The molecule has 0 aliphatic carbocycles. The summed E-state index contributed by atoms with van der Waals surface area (Å²) in [6, 6.07) is 13.1. The fourth-order valence-corrected chi connectivity index (χ4v) is 2.35. The van der Waals surface area contributed by atoms with Gasteiger partial charge in [0.25, 0.3) is 0 Å². The zero-order valence-electron chi connectivity index (χ0n) is 12.1. The second kappa shape index (κ2) is 7.17. The van der Waals surface area contributed by atoms with Crippen LogP contribution in [0.2, 0.25) is 10.0 Å². The van der Waals surface area contributed by atoms with Crippen LogP contribution in [0.25, 0.3) is 0 Å². The molecular formula is C17H19Cl2NO. The minimum Gasteiger partial charge on any atom is -0.484 e. The topological polar surface area (TPSA) is 35.2 Å². The highest BCUT2D eigenvalue weighted by Crippen LogP contribution is 2.29. The third-order valence-electron chi connectivity index (χ3n) is 3.45. The largest absolute Gasteiger partial charge is 0.484 e. The van der Waals surface area contributed by atoms with E-state index in [9.17, 15) is 0 Å². The minimum atomic E-state index is -0.215. The Kier molecular flexibility index (Phi) is 5.51. The maximum atomic E-state index is 6.22. The number of rotatable bonds is 5. The van der Waals surface area contributed by atoms with E-state index in [0.29, 0.717) is 5.02 Å². The quantitative estimate of drug-likeness (QED) is 0.824. The Hall–Kier alpha value is -1.22. The number of benzene rings is 2. The lowest BCUT2D eigenvalue weighted by Crippen LogP contribution is -2.31. The molecule has 0 fully saturated rings. The summed E-state index contributed by atoms with van der Waals surface area (Å²) in [5.74, 6) is 0.765. The zero-order chi connectivity index (χ0) is 15.4. The fraction of sp³-hybridized carbons (Fsp3) is 0.294. The molecule has 0 amide bonds. The first-order valence-electron chi connectivity index (χ1n) is 6.95. The van der Waals surface area contributed by atoms with Crippen molar-refractivity contribution in [2.24, 2.45) is 5.73 Å². The first-order valence-corrected chi connectivity index (χ1v) is 7.70. The first kappa shape index (κ1) is 16.2. The zero-order valence-corrected chi connectivity index (χ0v) is 13.7. The van der Waals surface area contributed by atoms with Crippen molar-refractivity contribution in [3.05, 3.63) is 63.6 Å². The summed E-state index contributed by atoms with van der Waals surface area (Å²) in [6.07, 6.45) is 0.604. The summed E-state index contributed by atoms with van der Waals surface area (Å²) >= 11 is 12.0. The second-order valence-electron chi connectivity index (χ2n) is 5.07. The maximum Gasteiger partial charge on any atom is 0.139 e. The van der Waals surface area contributed by atoms with Crippen molar-refractivity contribution in [3.8, 4) is 5.75 Å². The van der Waals surface area contributed by atoms with Crippen LogP contribution < -0.4 is 10.5 Å². The predicted molar refractivity (Wildman–Crippen MR) is 89.3 cm³/mol. The molecule has 2 aromatic rings. The summed E-state index contributed by atoms with van der Waals surface area (Å²) in [6.45, 7) is 4.00. The summed E-state index contributed by atoms with van der Waals surface area (Å²) in [4.78, 5) is 0. The van der Waals surface area contributed by atoms with E-state index in [4.69, 9.17) is 33.7 Å². The van der Waals surface area contributed by atoms with Crippen LogP contribution >= 0.6 is 23.2 Å². The van der Waals surface area contributed by atoms with Gasteiger partial charge in [-0.3, -0.25) is 0 Å². The fourth-order valence-electron chi connectivity index (χ4n) is 2.11. The Balaban J connectivity index is 2.28. The van der Waals surface area contributed by atoms with Gasteiger partial charge in [0.2, 0.25) is 0 Å². The maximum absolute atomic E-state index is 6.22. The summed E-state index contributed by atoms with van der Waals surface area (Å²) in [5, 5.41) is 1.43. The van der Waals surface area contributed by atoms with Gasteiger partial charge in [-0.05, 0) is 54.8 Å². The van der Waals surface area contributed by atoms with Gasteiger partial charge in [-0.2, -0.15) is 0 Å². The number of hydrogen-bond acceptors (Lipinski definition) is 2. The molecule has 112 valence electrons. The van der Waals surface area contributed by atoms with Crippen LogP contribution in [0.15, 0.2) is 42.5 Å². The van der Waals surface area contributed by atoms with Crippen molar-refractivity contribution in [2.45, 2.75) is 32.4 Å². The second-order valence-corrected chi connectivity index (χ2v) is 5.92. The van der Waals surface area contributed by atoms with Crippen LogP contribution in [0.5, 0.6) is 5.75 Å². The average Bonchev–Trinajstić information content (AvgIpc) is 2.48. The number of nitrogens with two attached hydrogens (primary N) is 1. The Morgan fingerprint density at radius 2 is 1.76 bits per heavy atom. The SMILES string of the molecule is CCC(N)C(Oc1ccc(Cl)c(C)c1)c1ccc(Cl)cc1. The van der Waals surface area contributed by atoms with Crippen LogP contribution in [-0.4, -0.2) is 6.04 Å². The first-order chi connectivity index (χ1) is 10.0. The molecule has 0 aliphatic heterocycles. The van der Waals surface area contributed by atoms with E-state index in [1.165, 1.54) is 0 Å². The normalized spacial score (nSPS) is 13.8. The predicted octanol–water partition coefficient (Wildman–Crippen LogP) is 5.16. The highest BCUT2D eigenvalue weighted by Gasteiger charge is 2.20. The van der Waals surface area contributed by atoms with Crippen molar-refractivity contribution in [3.63, 3.8) is 0 Å². The van der Waals surface area contributed by atoms with E-state index in [-0.39, 0.29) is 12.1 Å². The van der Waals surface area contributed by atoms with Gasteiger partial charge in [-0.25, -0.2) is 0 Å². The van der Waals surface area contributed by atoms with Crippen molar-refractivity contribution in [1.29, 1.82) is 0 Å². The third-order valence-corrected chi connectivity index (χ3v) is 4.13. The van der Waals surface area contributed by atoms with E-state index in [0.717, 1.165) is 28.3 Å². The molecule has 2 nitrogen and oxygen atoms in total. The molecule has 2 unspecified atom stereocenters. The standard InChI is InChI=1S/C17H19Cl2NO/c1-3-16(20)17(12-4-6-13(18)7-5-12)21-14-8-9-15(19)11(2)10-14/h4-10,16-17H,3,20H2,1-2H3. The van der Waals surface area contributed by atoms with Gasteiger partial charge < -0.3 is 10.5 Å². The molecule has 2 N–H and O–H groups in total. The highest BCUT2D eigenvalue weighted by molar-refractivity contribution is 6.31.